The molecular weight excluding hydrogens is 302 g/mol. The van der Waals surface area contributed by atoms with Gasteiger partial charge in [0.2, 0.25) is 0 Å². The molecule has 0 spiro atoms. The maximum atomic E-state index is 12.1. The smallest absolute Gasteiger partial charge is 0.257 e. The summed E-state index contributed by atoms with van der Waals surface area (Å²) in [6, 6.07) is 15.9. The minimum Gasteiger partial charge on any atom is -0.378 e. The summed E-state index contributed by atoms with van der Waals surface area (Å²) in [7, 11) is 0. The molecule has 2 heterocycles. The quantitative estimate of drug-likeness (QED) is 0.854. The average Bonchev–Trinajstić information content (AvgIpc) is 2.96. The number of amides is 1. The van der Waals surface area contributed by atoms with E-state index in [-0.39, 0.29) is 5.91 Å². The number of ether oxygens (including phenoxy) is 1. The molecule has 5 nitrogen and oxygen atoms in total. The van der Waals surface area contributed by atoms with Crippen molar-refractivity contribution >= 4 is 28.5 Å². The molecule has 0 aromatic heterocycles. The molecule has 0 radical (unpaired) electrons. The molecule has 1 amide bonds. The maximum absolute atomic E-state index is 12.1. The van der Waals surface area contributed by atoms with Crippen molar-refractivity contribution in [3.05, 3.63) is 60.3 Å². The summed E-state index contributed by atoms with van der Waals surface area (Å²) < 4.78 is 5.38. The van der Waals surface area contributed by atoms with E-state index in [0.717, 1.165) is 43.2 Å². The van der Waals surface area contributed by atoms with E-state index in [1.165, 1.54) is 5.69 Å². The Kier molecular flexibility index (Phi) is 3.92. The first-order chi connectivity index (χ1) is 11.8. The van der Waals surface area contributed by atoms with Crippen LogP contribution in [0.2, 0.25) is 0 Å². The highest BCUT2D eigenvalue weighted by molar-refractivity contribution is 6.31. The zero-order chi connectivity index (χ0) is 16.4. The van der Waals surface area contributed by atoms with Crippen molar-refractivity contribution in [1.29, 1.82) is 0 Å². The monoisotopic (exact) mass is 321 g/mol. The van der Waals surface area contributed by atoms with E-state index in [2.05, 4.69) is 27.7 Å². The van der Waals surface area contributed by atoms with Crippen LogP contribution in [0, 0.1) is 0 Å². The number of hydrogen-bond donors (Lipinski definition) is 2. The summed E-state index contributed by atoms with van der Waals surface area (Å²) in [4.78, 5) is 14.4. The number of anilines is 3. The highest BCUT2D eigenvalue weighted by Gasteiger charge is 2.23. The van der Waals surface area contributed by atoms with Crippen molar-refractivity contribution in [2.24, 2.45) is 0 Å². The predicted octanol–water partition coefficient (Wildman–Crippen LogP) is 2.93. The van der Waals surface area contributed by atoms with Gasteiger partial charge in [-0.2, -0.15) is 0 Å². The number of morpholine rings is 1. The van der Waals surface area contributed by atoms with Crippen LogP contribution in [0.15, 0.2) is 54.7 Å². The Labute approximate surface area is 140 Å². The second kappa shape index (κ2) is 6.37. The summed E-state index contributed by atoms with van der Waals surface area (Å²) in [6.45, 7) is 3.41. The molecule has 4 rings (SSSR count). The van der Waals surface area contributed by atoms with Crippen LogP contribution in [0.25, 0.3) is 5.57 Å². The first-order valence-electron chi connectivity index (χ1n) is 8.11. The van der Waals surface area contributed by atoms with E-state index >= 15 is 0 Å². The standard InChI is InChI=1S/C19H19N3O2/c23-19-17(16-3-1-2-4-18(16)21-19)13-20-14-5-7-15(8-6-14)22-9-11-24-12-10-22/h1-8,13,20H,9-12H2,(H,21,23)/b17-13+. The third kappa shape index (κ3) is 2.86. The van der Waals surface area contributed by atoms with Gasteiger partial charge in [-0.05, 0) is 30.3 Å². The topological polar surface area (TPSA) is 53.6 Å². The molecular formula is C19H19N3O2. The summed E-state index contributed by atoms with van der Waals surface area (Å²) in [6.07, 6.45) is 1.77. The molecule has 0 bridgehead atoms. The van der Waals surface area contributed by atoms with Crippen molar-refractivity contribution < 1.29 is 9.53 Å². The lowest BCUT2D eigenvalue weighted by atomic mass is 10.1. The Hall–Kier alpha value is -2.79. The van der Waals surface area contributed by atoms with Gasteiger partial charge < -0.3 is 20.3 Å². The molecule has 1 saturated heterocycles. The SMILES string of the molecule is O=C1Nc2ccccc2/C1=C\Nc1ccc(N2CCOCC2)cc1. The fourth-order valence-electron chi connectivity index (χ4n) is 3.03. The van der Waals surface area contributed by atoms with Crippen LogP contribution >= 0.6 is 0 Å². The number of para-hydroxylation sites is 1. The third-order valence-corrected chi connectivity index (χ3v) is 4.34. The molecule has 1 fully saturated rings. The summed E-state index contributed by atoms with van der Waals surface area (Å²) in [5.74, 6) is -0.0753. The summed E-state index contributed by atoms with van der Waals surface area (Å²) in [5, 5.41) is 6.09. The van der Waals surface area contributed by atoms with E-state index in [1.54, 1.807) is 6.20 Å². The van der Waals surface area contributed by atoms with Crippen molar-refractivity contribution in [2.45, 2.75) is 0 Å². The molecule has 2 aromatic rings. The van der Waals surface area contributed by atoms with Gasteiger partial charge in [0.25, 0.3) is 5.91 Å². The van der Waals surface area contributed by atoms with Crippen LogP contribution in [-0.4, -0.2) is 32.2 Å². The fraction of sp³-hybridized carbons (Fsp3) is 0.211. The molecule has 0 atom stereocenters. The first-order valence-corrected chi connectivity index (χ1v) is 8.11. The molecule has 0 saturated carbocycles. The normalized spacial score (nSPS) is 18.4. The van der Waals surface area contributed by atoms with Gasteiger partial charge in [0, 0.05) is 41.9 Å². The van der Waals surface area contributed by atoms with Crippen molar-refractivity contribution in [3.63, 3.8) is 0 Å². The van der Waals surface area contributed by atoms with Gasteiger partial charge >= 0.3 is 0 Å². The van der Waals surface area contributed by atoms with Gasteiger partial charge in [-0.25, -0.2) is 0 Å². The Morgan fingerprint density at radius 3 is 2.58 bits per heavy atom. The van der Waals surface area contributed by atoms with E-state index in [0.29, 0.717) is 5.57 Å². The van der Waals surface area contributed by atoms with Gasteiger partial charge in [-0.3, -0.25) is 4.79 Å². The number of nitrogens with one attached hydrogen (secondary N) is 2. The number of carbonyl (C=O) groups is 1. The van der Waals surface area contributed by atoms with Crippen LogP contribution < -0.4 is 15.5 Å². The van der Waals surface area contributed by atoms with Crippen LogP contribution in [-0.2, 0) is 9.53 Å². The van der Waals surface area contributed by atoms with Crippen LogP contribution in [0.5, 0.6) is 0 Å². The van der Waals surface area contributed by atoms with Crippen LogP contribution in [0.4, 0.5) is 17.1 Å². The molecule has 5 heteroatoms. The van der Waals surface area contributed by atoms with Gasteiger partial charge in [0.15, 0.2) is 0 Å². The highest BCUT2D eigenvalue weighted by atomic mass is 16.5. The van der Waals surface area contributed by atoms with Gasteiger partial charge in [-0.15, -0.1) is 0 Å². The average molecular weight is 321 g/mol. The molecule has 2 aliphatic heterocycles. The Morgan fingerprint density at radius 1 is 1.04 bits per heavy atom. The number of benzene rings is 2. The molecule has 0 aliphatic carbocycles. The van der Waals surface area contributed by atoms with E-state index < -0.39 is 0 Å². The Bertz CT molecular complexity index is 777. The number of hydrogen-bond acceptors (Lipinski definition) is 4. The molecule has 0 unspecified atom stereocenters. The maximum Gasteiger partial charge on any atom is 0.257 e. The number of nitrogens with zero attached hydrogens (tertiary/aromatic N) is 1. The van der Waals surface area contributed by atoms with Gasteiger partial charge in [0.05, 0.1) is 18.8 Å². The molecule has 24 heavy (non-hydrogen) atoms. The molecule has 2 aliphatic rings. The Morgan fingerprint density at radius 2 is 1.79 bits per heavy atom. The minimum absolute atomic E-state index is 0.0753. The number of fused-ring (bicyclic) bond motifs is 1. The second-order valence-electron chi connectivity index (χ2n) is 5.85. The Balaban J connectivity index is 1.49. The summed E-state index contributed by atoms with van der Waals surface area (Å²) >= 11 is 0. The summed E-state index contributed by atoms with van der Waals surface area (Å²) in [5.41, 5.74) is 4.60. The zero-order valence-corrected chi connectivity index (χ0v) is 13.3. The fourth-order valence-corrected chi connectivity index (χ4v) is 3.03. The lowest BCUT2D eigenvalue weighted by Gasteiger charge is -2.28. The third-order valence-electron chi connectivity index (χ3n) is 4.34. The molecule has 122 valence electrons. The van der Waals surface area contributed by atoms with Crippen molar-refractivity contribution in [1.82, 2.24) is 0 Å². The van der Waals surface area contributed by atoms with Crippen molar-refractivity contribution in [2.75, 3.05) is 41.8 Å². The van der Waals surface area contributed by atoms with E-state index in [1.807, 2.05) is 36.4 Å². The van der Waals surface area contributed by atoms with Crippen molar-refractivity contribution in [3.8, 4) is 0 Å². The first kappa shape index (κ1) is 14.8. The number of rotatable bonds is 3. The minimum atomic E-state index is -0.0753. The predicted molar refractivity (Wildman–Crippen MR) is 96.1 cm³/mol. The second-order valence-corrected chi connectivity index (χ2v) is 5.85. The van der Waals surface area contributed by atoms with Gasteiger partial charge in [0.1, 0.15) is 0 Å². The highest BCUT2D eigenvalue weighted by Crippen LogP contribution is 2.31. The van der Waals surface area contributed by atoms with E-state index in [4.69, 9.17) is 4.74 Å². The van der Waals surface area contributed by atoms with Crippen LogP contribution in [0.1, 0.15) is 5.56 Å². The largest absolute Gasteiger partial charge is 0.378 e. The zero-order valence-electron chi connectivity index (χ0n) is 13.3. The van der Waals surface area contributed by atoms with E-state index in [9.17, 15) is 4.79 Å². The lowest BCUT2D eigenvalue weighted by Crippen LogP contribution is -2.36. The van der Waals surface area contributed by atoms with Crippen LogP contribution in [0.3, 0.4) is 0 Å². The van der Waals surface area contributed by atoms with Gasteiger partial charge in [-0.1, -0.05) is 18.2 Å². The lowest BCUT2D eigenvalue weighted by molar-refractivity contribution is -0.110. The number of carbonyl (C=O) groups excluding carboxylic acids is 1. The molecule has 2 N–H and O–H groups in total. The molecule has 2 aromatic carbocycles.